The maximum absolute atomic E-state index is 12.3. The fourth-order valence-electron chi connectivity index (χ4n) is 3.44. The summed E-state index contributed by atoms with van der Waals surface area (Å²) in [6.07, 6.45) is 7.48. The van der Waals surface area contributed by atoms with Crippen LogP contribution in [0.15, 0.2) is 39.4 Å². The third kappa shape index (κ3) is 5.80. The van der Waals surface area contributed by atoms with Crippen LogP contribution in [0.1, 0.15) is 29.9 Å². The number of methoxy groups -OCH3 is 1. The molecule has 31 heavy (non-hydrogen) atoms. The van der Waals surface area contributed by atoms with Crippen molar-refractivity contribution in [3.8, 4) is 11.5 Å². The molecule has 9 heteroatoms. The summed E-state index contributed by atoms with van der Waals surface area (Å²) in [6.45, 7) is 0.319. The first kappa shape index (κ1) is 23.1. The monoisotopic (exact) mass is 496 g/mol. The van der Waals surface area contributed by atoms with Gasteiger partial charge in [-0.05, 0) is 50.1 Å². The minimum atomic E-state index is -2.92. The van der Waals surface area contributed by atoms with Crippen molar-refractivity contribution in [2.75, 3.05) is 20.2 Å². The summed E-state index contributed by atoms with van der Waals surface area (Å²) in [5.41, 5.74) is 2.19. The smallest absolute Gasteiger partial charge is 0.386 e. The number of alkyl halides is 2. The molecular weight excluding hydrogens is 474 g/mol. The highest BCUT2D eigenvalue weighted by molar-refractivity contribution is 9.10. The molecule has 1 saturated heterocycles. The summed E-state index contributed by atoms with van der Waals surface area (Å²) in [5, 5.41) is 0. The summed E-state index contributed by atoms with van der Waals surface area (Å²) in [6, 6.07) is 5.38. The number of carbonyl (C=O) groups is 1. The summed E-state index contributed by atoms with van der Waals surface area (Å²) >= 11 is 3.49. The maximum atomic E-state index is 12.3. The molecule has 0 aliphatic carbocycles. The van der Waals surface area contributed by atoms with Gasteiger partial charge < -0.3 is 13.9 Å². The van der Waals surface area contributed by atoms with Crippen LogP contribution in [0.3, 0.4) is 0 Å². The topological polar surface area (TPSA) is 64.8 Å². The fourth-order valence-corrected chi connectivity index (χ4v) is 3.81. The Balaban J connectivity index is 1.84. The molecule has 1 aliphatic heterocycles. The van der Waals surface area contributed by atoms with E-state index in [1.54, 1.807) is 6.08 Å². The number of likely N-dealkylation sites (tertiary alicyclic amines) is 1. The Kier molecular flexibility index (Phi) is 7.97. The van der Waals surface area contributed by atoms with Crippen LogP contribution in [0.25, 0.3) is 23.6 Å². The molecular formula is C22H23BrF2N2O4. The molecule has 1 aromatic heterocycles. The largest absolute Gasteiger partial charge is 0.468 e. The van der Waals surface area contributed by atoms with E-state index in [0.717, 1.165) is 41.2 Å². The molecule has 0 amide bonds. The molecule has 1 atom stereocenters. The van der Waals surface area contributed by atoms with Gasteiger partial charge in [0.15, 0.2) is 5.76 Å². The van der Waals surface area contributed by atoms with Crippen molar-refractivity contribution in [1.82, 2.24) is 9.88 Å². The quantitative estimate of drug-likeness (QED) is 0.366. The number of esters is 1. The Hall–Kier alpha value is -2.52. The third-order valence-electron chi connectivity index (χ3n) is 5.03. The molecule has 0 bridgehead atoms. The molecule has 2 heterocycles. The zero-order chi connectivity index (χ0) is 22.4. The molecule has 0 saturated carbocycles. The number of ether oxygens (including phenoxy) is 2. The number of carbonyl (C=O) groups excluding carboxylic acids is 1. The van der Waals surface area contributed by atoms with Crippen molar-refractivity contribution in [2.45, 2.75) is 32.4 Å². The summed E-state index contributed by atoms with van der Waals surface area (Å²) < 4.78 is 40.5. The van der Waals surface area contributed by atoms with Gasteiger partial charge in [-0.3, -0.25) is 9.69 Å². The second-order valence-electron chi connectivity index (χ2n) is 6.96. The molecule has 6 nitrogen and oxygen atoms in total. The highest BCUT2D eigenvalue weighted by Crippen LogP contribution is 2.30. The second-order valence-corrected chi connectivity index (χ2v) is 7.81. The number of halogens is 3. The van der Waals surface area contributed by atoms with Crippen LogP contribution >= 0.6 is 15.9 Å². The molecule has 166 valence electrons. The average Bonchev–Trinajstić information content (AvgIpc) is 3.37. The van der Waals surface area contributed by atoms with Gasteiger partial charge >= 0.3 is 12.6 Å². The van der Waals surface area contributed by atoms with E-state index in [1.165, 1.54) is 13.2 Å². The minimum absolute atomic E-state index is 0.243. The molecule has 2 aromatic rings. The summed E-state index contributed by atoms with van der Waals surface area (Å²) in [4.78, 5) is 18.5. The van der Waals surface area contributed by atoms with Crippen LogP contribution in [-0.2, 0) is 14.3 Å². The Morgan fingerprint density at radius 2 is 2.23 bits per heavy atom. The van der Waals surface area contributed by atoms with E-state index >= 15 is 0 Å². The maximum Gasteiger partial charge on any atom is 0.386 e. The number of aromatic nitrogens is 1. The van der Waals surface area contributed by atoms with Crippen LogP contribution in [0.2, 0.25) is 0 Å². The number of hydrogen-bond acceptors (Lipinski definition) is 6. The number of benzene rings is 1. The SMILES string of the molecule is COC(=O)[C@@H]1CCCN1C/C=C/c1nc(-c2cccc(Br)c2C)oc1/C=C/OC(F)F. The van der Waals surface area contributed by atoms with Gasteiger partial charge in [-0.1, -0.05) is 28.1 Å². The van der Waals surface area contributed by atoms with Gasteiger partial charge in [0.2, 0.25) is 5.89 Å². The van der Waals surface area contributed by atoms with Crippen molar-refractivity contribution >= 4 is 34.1 Å². The van der Waals surface area contributed by atoms with Crippen molar-refractivity contribution in [2.24, 2.45) is 0 Å². The molecule has 0 radical (unpaired) electrons. The zero-order valence-corrected chi connectivity index (χ0v) is 18.8. The van der Waals surface area contributed by atoms with Gasteiger partial charge in [0.1, 0.15) is 11.7 Å². The van der Waals surface area contributed by atoms with Gasteiger partial charge in [-0.2, -0.15) is 8.78 Å². The standard InChI is InChI=1S/C22H23BrF2N2O4/c1-14-15(6-3-7-16(14)23)20-26-17(19(31-20)10-13-30-22(24)25)8-4-11-27-12-5-9-18(27)21(28)29-2/h3-4,6-8,10,13,18,22H,5,9,11-12H2,1-2H3/b8-4+,13-10+/t18-/m0/s1. The van der Waals surface area contributed by atoms with Gasteiger partial charge in [0.05, 0.1) is 13.4 Å². The highest BCUT2D eigenvalue weighted by Gasteiger charge is 2.30. The van der Waals surface area contributed by atoms with Crippen LogP contribution in [0.5, 0.6) is 0 Å². The van der Waals surface area contributed by atoms with Gasteiger partial charge in [-0.25, -0.2) is 4.98 Å². The van der Waals surface area contributed by atoms with E-state index < -0.39 is 6.61 Å². The molecule has 1 fully saturated rings. The first-order chi connectivity index (χ1) is 14.9. The zero-order valence-electron chi connectivity index (χ0n) is 17.2. The number of nitrogens with zero attached hydrogens (tertiary/aromatic N) is 2. The predicted molar refractivity (Wildman–Crippen MR) is 116 cm³/mol. The molecule has 0 N–H and O–H groups in total. The van der Waals surface area contributed by atoms with Crippen molar-refractivity contribution in [3.05, 3.63) is 52.0 Å². The minimum Gasteiger partial charge on any atom is -0.468 e. The van der Waals surface area contributed by atoms with Crippen molar-refractivity contribution < 1.29 is 27.5 Å². The highest BCUT2D eigenvalue weighted by atomic mass is 79.9. The molecule has 0 spiro atoms. The molecule has 0 unspecified atom stereocenters. The van der Waals surface area contributed by atoms with Crippen molar-refractivity contribution in [1.29, 1.82) is 0 Å². The first-order valence-corrected chi connectivity index (χ1v) is 10.5. The Labute approximate surface area is 187 Å². The molecule has 3 rings (SSSR count). The van der Waals surface area contributed by atoms with Gasteiger partial charge in [0.25, 0.3) is 0 Å². The Morgan fingerprint density at radius 1 is 1.42 bits per heavy atom. The fraction of sp³-hybridized carbons (Fsp3) is 0.364. The summed E-state index contributed by atoms with van der Waals surface area (Å²) in [5.74, 6) is 0.411. The predicted octanol–water partition coefficient (Wildman–Crippen LogP) is 5.27. The Bertz CT molecular complexity index is 974. The number of oxazole rings is 1. The van der Waals surface area contributed by atoms with Crippen LogP contribution in [0, 0.1) is 6.92 Å². The van der Waals surface area contributed by atoms with Gasteiger partial charge in [0, 0.05) is 22.7 Å². The van der Waals surface area contributed by atoms with Gasteiger partial charge in [-0.15, -0.1) is 0 Å². The van der Waals surface area contributed by atoms with Crippen LogP contribution in [0.4, 0.5) is 8.78 Å². The first-order valence-electron chi connectivity index (χ1n) is 9.75. The number of rotatable bonds is 8. The van der Waals surface area contributed by atoms with Crippen LogP contribution in [-0.4, -0.2) is 48.7 Å². The summed E-state index contributed by atoms with van der Waals surface area (Å²) in [7, 11) is 1.38. The third-order valence-corrected chi connectivity index (χ3v) is 5.89. The number of hydrogen-bond donors (Lipinski definition) is 0. The van der Waals surface area contributed by atoms with E-state index in [2.05, 4.69) is 25.7 Å². The molecule has 1 aromatic carbocycles. The second kappa shape index (κ2) is 10.7. The lowest BCUT2D eigenvalue weighted by molar-refractivity contribution is -0.145. The van der Waals surface area contributed by atoms with Crippen LogP contribution < -0.4 is 0 Å². The Morgan fingerprint density at radius 3 is 2.97 bits per heavy atom. The van der Waals surface area contributed by atoms with Crippen molar-refractivity contribution in [3.63, 3.8) is 0 Å². The van der Waals surface area contributed by atoms with E-state index in [9.17, 15) is 13.6 Å². The lowest BCUT2D eigenvalue weighted by Gasteiger charge is -2.20. The van der Waals surface area contributed by atoms with E-state index in [-0.39, 0.29) is 17.8 Å². The van der Waals surface area contributed by atoms with E-state index in [4.69, 9.17) is 9.15 Å². The lowest BCUT2D eigenvalue weighted by Crippen LogP contribution is -2.36. The van der Waals surface area contributed by atoms with E-state index in [1.807, 2.05) is 36.1 Å². The molecule has 1 aliphatic rings. The lowest BCUT2D eigenvalue weighted by atomic mass is 10.1. The average molecular weight is 497 g/mol. The normalized spacial score (nSPS) is 17.3. The van der Waals surface area contributed by atoms with E-state index in [0.29, 0.717) is 18.1 Å².